The molecular weight excluding hydrogens is 468 g/mol. The molecule has 2 N–H and O–H groups in total. The number of carbonyl (C=O) groups is 1. The van der Waals surface area contributed by atoms with Crippen molar-refractivity contribution in [1.29, 1.82) is 0 Å². The molecule has 0 radical (unpaired) electrons. The van der Waals surface area contributed by atoms with E-state index in [1.54, 1.807) is 19.1 Å². The molecule has 1 aromatic carbocycles. The summed E-state index contributed by atoms with van der Waals surface area (Å²) < 4.78 is 36.8. The first-order valence-electron chi connectivity index (χ1n) is 10.1. The fourth-order valence-electron chi connectivity index (χ4n) is 4.02. The molecule has 1 atom stereocenters. The maximum absolute atomic E-state index is 13.3. The number of fused-ring (bicyclic) bond motifs is 1. The Morgan fingerprint density at radius 1 is 1.24 bits per heavy atom. The van der Waals surface area contributed by atoms with Gasteiger partial charge in [0, 0.05) is 24.5 Å². The van der Waals surface area contributed by atoms with E-state index in [-0.39, 0.29) is 22.1 Å². The molecule has 1 aliphatic heterocycles. The Hall–Kier alpha value is -3.15. The lowest BCUT2D eigenvalue weighted by atomic mass is 9.97. The van der Waals surface area contributed by atoms with Gasteiger partial charge in [0.2, 0.25) is 11.7 Å². The van der Waals surface area contributed by atoms with Gasteiger partial charge in [0.05, 0.1) is 27.3 Å². The van der Waals surface area contributed by atoms with Gasteiger partial charge < -0.3 is 19.4 Å². The molecule has 5 rings (SSSR count). The molecule has 172 valence electrons. The molecule has 1 unspecified atom stereocenters. The molecule has 0 spiro atoms. The van der Waals surface area contributed by atoms with Gasteiger partial charge in [-0.25, -0.2) is 13.4 Å². The number of ketones is 1. The van der Waals surface area contributed by atoms with Crippen molar-refractivity contribution >= 4 is 37.2 Å². The molecule has 4 aromatic rings. The van der Waals surface area contributed by atoms with Crippen molar-refractivity contribution in [2.75, 3.05) is 19.5 Å². The number of ether oxygens (including phenoxy) is 1. The van der Waals surface area contributed by atoms with Gasteiger partial charge in [-0.1, -0.05) is 11.3 Å². The number of aryl methyl sites for hydroxylation is 1. The predicted octanol–water partition coefficient (Wildman–Crippen LogP) is 3.54. The molecule has 1 fully saturated rings. The second-order valence-corrected chi connectivity index (χ2v) is 11.0. The summed E-state index contributed by atoms with van der Waals surface area (Å²) >= 11 is 1.14. The van der Waals surface area contributed by atoms with Gasteiger partial charge in [-0.05, 0) is 43.7 Å². The topological polar surface area (TPSA) is 132 Å². The zero-order valence-electron chi connectivity index (χ0n) is 17.7. The Kier molecular flexibility index (Phi) is 5.07. The van der Waals surface area contributed by atoms with E-state index in [1.807, 2.05) is 0 Å². The van der Waals surface area contributed by atoms with Gasteiger partial charge >= 0.3 is 0 Å². The van der Waals surface area contributed by atoms with E-state index in [2.05, 4.69) is 4.98 Å². The Morgan fingerprint density at radius 2 is 2.03 bits per heavy atom. The number of rotatable bonds is 5. The molecule has 0 saturated carbocycles. The number of hydrogen-bond donors (Lipinski definition) is 2. The van der Waals surface area contributed by atoms with E-state index in [4.69, 9.17) is 9.15 Å². The van der Waals surface area contributed by atoms with E-state index >= 15 is 0 Å². The number of nitrogens with zero attached hydrogens (tertiary/aromatic N) is 2. The van der Waals surface area contributed by atoms with Crippen LogP contribution < -0.4 is 0 Å². The molecule has 0 aliphatic carbocycles. The second-order valence-electron chi connectivity index (χ2n) is 7.97. The molecule has 9 nitrogen and oxygen atoms in total. The summed E-state index contributed by atoms with van der Waals surface area (Å²) in [6, 6.07) is 7.73. The van der Waals surface area contributed by atoms with Gasteiger partial charge in [-0.3, -0.25) is 9.36 Å². The summed E-state index contributed by atoms with van der Waals surface area (Å²) in [5.74, 6) is -1.33. The lowest BCUT2D eigenvalue weighted by Crippen LogP contribution is -2.12. The van der Waals surface area contributed by atoms with Crippen LogP contribution in [0.5, 0.6) is 11.6 Å². The Balaban J connectivity index is 1.73. The number of thiazole rings is 1. The van der Waals surface area contributed by atoms with Crippen molar-refractivity contribution in [3.63, 3.8) is 0 Å². The summed E-state index contributed by atoms with van der Waals surface area (Å²) in [7, 11) is -3.41. The van der Waals surface area contributed by atoms with Gasteiger partial charge in [-0.2, -0.15) is 0 Å². The molecule has 1 aliphatic rings. The number of aromatic nitrogens is 2. The maximum Gasteiger partial charge on any atom is 0.242 e. The number of sulfone groups is 1. The predicted molar refractivity (Wildman–Crippen MR) is 120 cm³/mol. The molecule has 3 aromatic heterocycles. The largest absolute Gasteiger partial charge is 0.503 e. The first kappa shape index (κ1) is 21.7. The molecule has 4 heterocycles. The summed E-state index contributed by atoms with van der Waals surface area (Å²) in [6.45, 7) is 2.49. The second kappa shape index (κ2) is 7.72. The normalized spacial score (nSPS) is 16.6. The zero-order chi connectivity index (χ0) is 23.5. The van der Waals surface area contributed by atoms with Crippen molar-refractivity contribution in [2.45, 2.75) is 24.2 Å². The third kappa shape index (κ3) is 3.62. The highest BCUT2D eigenvalue weighted by Crippen LogP contribution is 2.45. The first-order valence-corrected chi connectivity index (χ1v) is 12.8. The standard InChI is InChI=1S/C22H20N2O7S2/c1-11-3-6-15(31-11)19(25)17-18(12-7-8-30-10-12)24(21(27)20(17)26)22-23-14-5-4-13(33(2,28)29)9-16(14)32-22/h3-6,9,12,26-27H,7-8,10H2,1-2H3. The summed E-state index contributed by atoms with van der Waals surface area (Å²) in [5.41, 5.74) is 0.843. The van der Waals surface area contributed by atoms with Gasteiger partial charge in [0.25, 0.3) is 0 Å². The smallest absolute Gasteiger partial charge is 0.242 e. The summed E-state index contributed by atoms with van der Waals surface area (Å²) in [5, 5.41) is 22.0. The van der Waals surface area contributed by atoms with Crippen molar-refractivity contribution in [3.05, 3.63) is 53.1 Å². The lowest BCUT2D eigenvalue weighted by Gasteiger charge is -2.13. The molecular formula is C22H20N2O7S2. The van der Waals surface area contributed by atoms with Crippen LogP contribution in [-0.4, -0.2) is 53.4 Å². The van der Waals surface area contributed by atoms with Crippen molar-refractivity contribution in [3.8, 4) is 16.8 Å². The van der Waals surface area contributed by atoms with Crippen LogP contribution in [0.2, 0.25) is 0 Å². The number of hydrogen-bond acceptors (Lipinski definition) is 9. The minimum absolute atomic E-state index is 0.0437. The van der Waals surface area contributed by atoms with Crippen LogP contribution in [-0.2, 0) is 14.6 Å². The minimum Gasteiger partial charge on any atom is -0.503 e. The summed E-state index contributed by atoms with van der Waals surface area (Å²) in [4.78, 5) is 18.0. The monoisotopic (exact) mass is 488 g/mol. The van der Waals surface area contributed by atoms with Crippen LogP contribution in [0.4, 0.5) is 0 Å². The van der Waals surface area contributed by atoms with Crippen LogP contribution in [0.15, 0.2) is 39.6 Å². The van der Waals surface area contributed by atoms with Gasteiger partial charge in [-0.15, -0.1) is 0 Å². The average Bonchev–Trinajstić information content (AvgIpc) is 3.53. The van der Waals surface area contributed by atoms with E-state index < -0.39 is 27.2 Å². The number of carbonyl (C=O) groups excluding carboxylic acids is 1. The Bertz CT molecular complexity index is 1510. The highest BCUT2D eigenvalue weighted by Gasteiger charge is 2.36. The van der Waals surface area contributed by atoms with Crippen molar-refractivity contribution in [2.24, 2.45) is 0 Å². The highest BCUT2D eigenvalue weighted by atomic mass is 32.2. The van der Waals surface area contributed by atoms with E-state index in [0.29, 0.717) is 46.4 Å². The first-order chi connectivity index (χ1) is 15.6. The maximum atomic E-state index is 13.3. The van der Waals surface area contributed by atoms with E-state index in [1.165, 1.54) is 22.8 Å². The van der Waals surface area contributed by atoms with E-state index in [0.717, 1.165) is 17.6 Å². The molecule has 33 heavy (non-hydrogen) atoms. The third-order valence-corrected chi connectivity index (χ3v) is 7.75. The third-order valence-electron chi connectivity index (χ3n) is 5.63. The number of furan rings is 1. The molecule has 0 amide bonds. The number of benzene rings is 1. The van der Waals surface area contributed by atoms with Gasteiger partial charge in [0.15, 0.2) is 26.5 Å². The minimum atomic E-state index is -3.41. The SMILES string of the molecule is Cc1ccc(C(=O)c2c(O)c(O)n(-c3nc4ccc(S(C)(=O)=O)cc4s3)c2C2CCOC2)o1. The molecule has 11 heteroatoms. The Labute approximate surface area is 192 Å². The lowest BCUT2D eigenvalue weighted by molar-refractivity contribution is 0.100. The Morgan fingerprint density at radius 3 is 2.67 bits per heavy atom. The van der Waals surface area contributed by atoms with Crippen LogP contribution >= 0.6 is 11.3 Å². The van der Waals surface area contributed by atoms with Gasteiger partial charge in [0.1, 0.15) is 5.76 Å². The molecule has 0 bridgehead atoms. The fourth-order valence-corrected chi connectivity index (χ4v) is 5.76. The summed E-state index contributed by atoms with van der Waals surface area (Å²) in [6.07, 6.45) is 1.71. The van der Waals surface area contributed by atoms with Crippen LogP contribution in [0.1, 0.15) is 39.9 Å². The quantitative estimate of drug-likeness (QED) is 0.408. The highest BCUT2D eigenvalue weighted by molar-refractivity contribution is 7.90. The number of aromatic hydroxyl groups is 2. The van der Waals surface area contributed by atoms with Crippen LogP contribution in [0.3, 0.4) is 0 Å². The van der Waals surface area contributed by atoms with Crippen molar-refractivity contribution in [1.82, 2.24) is 9.55 Å². The van der Waals surface area contributed by atoms with Crippen LogP contribution in [0.25, 0.3) is 15.3 Å². The average molecular weight is 489 g/mol. The van der Waals surface area contributed by atoms with E-state index in [9.17, 15) is 23.4 Å². The van der Waals surface area contributed by atoms with Crippen LogP contribution in [0, 0.1) is 6.92 Å². The van der Waals surface area contributed by atoms with Crippen molar-refractivity contribution < 1.29 is 32.6 Å². The zero-order valence-corrected chi connectivity index (χ0v) is 19.4. The molecule has 1 saturated heterocycles. The fraction of sp³-hybridized carbons (Fsp3) is 0.273.